The van der Waals surface area contributed by atoms with Crippen molar-refractivity contribution in [1.82, 2.24) is 4.98 Å². The van der Waals surface area contributed by atoms with E-state index in [-0.39, 0.29) is 0 Å². The van der Waals surface area contributed by atoms with Crippen LogP contribution in [0.25, 0.3) is 0 Å². The van der Waals surface area contributed by atoms with Crippen molar-refractivity contribution in [3.8, 4) is 0 Å². The van der Waals surface area contributed by atoms with Crippen LogP contribution < -0.4 is 10.6 Å². The number of nitrogens with zero attached hydrogens (tertiary/aromatic N) is 2. The monoisotopic (exact) mass is 205 g/mol. The third-order valence-electron chi connectivity index (χ3n) is 3.38. The summed E-state index contributed by atoms with van der Waals surface area (Å²) in [4.78, 5) is 6.80. The highest BCUT2D eigenvalue weighted by molar-refractivity contribution is 5.47. The molecule has 0 bridgehead atoms. The Labute approximate surface area is 91.3 Å². The predicted octanol–water partition coefficient (Wildman–Crippen LogP) is 1.63. The van der Waals surface area contributed by atoms with Crippen LogP contribution in [0.2, 0.25) is 0 Å². The number of pyridine rings is 1. The van der Waals surface area contributed by atoms with E-state index in [2.05, 4.69) is 29.8 Å². The molecule has 82 valence electrons. The minimum Gasteiger partial charge on any atom is -0.356 e. The second kappa shape index (κ2) is 4.19. The summed E-state index contributed by atoms with van der Waals surface area (Å²) in [6.07, 6.45) is 1.85. The van der Waals surface area contributed by atoms with Crippen molar-refractivity contribution in [2.24, 2.45) is 17.6 Å². The maximum atomic E-state index is 5.72. The van der Waals surface area contributed by atoms with Crippen molar-refractivity contribution in [2.45, 2.75) is 20.4 Å². The molecular weight excluding hydrogens is 186 g/mol. The first-order chi connectivity index (χ1) is 7.22. The summed E-state index contributed by atoms with van der Waals surface area (Å²) in [5.74, 6) is 2.58. The Hall–Kier alpha value is -1.09. The van der Waals surface area contributed by atoms with Gasteiger partial charge >= 0.3 is 0 Å². The Morgan fingerprint density at radius 2 is 2.07 bits per heavy atom. The highest BCUT2D eigenvalue weighted by Crippen LogP contribution is 2.28. The normalized spacial score (nSPS) is 25.9. The SMILES string of the molecule is CC1CN(c2ncccc2CN)CC1C. The fourth-order valence-electron chi connectivity index (χ4n) is 2.18. The topological polar surface area (TPSA) is 42.2 Å². The van der Waals surface area contributed by atoms with Gasteiger partial charge in [-0.05, 0) is 17.9 Å². The summed E-state index contributed by atoms with van der Waals surface area (Å²) < 4.78 is 0. The molecule has 1 aliphatic rings. The van der Waals surface area contributed by atoms with Gasteiger partial charge in [-0.15, -0.1) is 0 Å². The molecule has 15 heavy (non-hydrogen) atoms. The van der Waals surface area contributed by atoms with Crippen LogP contribution in [-0.2, 0) is 6.54 Å². The first kappa shape index (κ1) is 10.4. The lowest BCUT2D eigenvalue weighted by atomic mass is 10.0. The van der Waals surface area contributed by atoms with Gasteiger partial charge in [0.15, 0.2) is 0 Å². The molecule has 0 amide bonds. The molecule has 0 radical (unpaired) electrons. The van der Waals surface area contributed by atoms with Crippen LogP contribution in [0, 0.1) is 11.8 Å². The Morgan fingerprint density at radius 1 is 1.40 bits per heavy atom. The highest BCUT2D eigenvalue weighted by Gasteiger charge is 2.27. The number of nitrogens with two attached hydrogens (primary N) is 1. The summed E-state index contributed by atoms with van der Waals surface area (Å²) in [7, 11) is 0. The van der Waals surface area contributed by atoms with Crippen LogP contribution in [0.4, 0.5) is 5.82 Å². The van der Waals surface area contributed by atoms with E-state index in [9.17, 15) is 0 Å². The second-order valence-electron chi connectivity index (χ2n) is 4.55. The second-order valence-corrected chi connectivity index (χ2v) is 4.55. The molecule has 0 aliphatic carbocycles. The van der Waals surface area contributed by atoms with E-state index in [1.54, 1.807) is 0 Å². The highest BCUT2D eigenvalue weighted by atomic mass is 15.2. The van der Waals surface area contributed by atoms with E-state index in [1.807, 2.05) is 12.3 Å². The summed E-state index contributed by atoms with van der Waals surface area (Å²) in [6.45, 7) is 7.38. The largest absolute Gasteiger partial charge is 0.356 e. The molecule has 3 heteroatoms. The van der Waals surface area contributed by atoms with Gasteiger partial charge < -0.3 is 10.6 Å². The molecule has 1 saturated heterocycles. The Kier molecular flexibility index (Phi) is 2.91. The van der Waals surface area contributed by atoms with Crippen molar-refractivity contribution in [2.75, 3.05) is 18.0 Å². The first-order valence-corrected chi connectivity index (χ1v) is 5.61. The minimum atomic E-state index is 0.572. The summed E-state index contributed by atoms with van der Waals surface area (Å²) in [5, 5.41) is 0. The van der Waals surface area contributed by atoms with Gasteiger partial charge in [0.05, 0.1) is 0 Å². The quantitative estimate of drug-likeness (QED) is 0.798. The Morgan fingerprint density at radius 3 is 2.67 bits per heavy atom. The third kappa shape index (κ3) is 1.97. The molecule has 3 nitrogen and oxygen atoms in total. The van der Waals surface area contributed by atoms with E-state index < -0.39 is 0 Å². The zero-order valence-corrected chi connectivity index (χ0v) is 9.48. The van der Waals surface area contributed by atoms with E-state index in [0.29, 0.717) is 6.54 Å². The average molecular weight is 205 g/mol. The molecule has 1 aliphatic heterocycles. The summed E-state index contributed by atoms with van der Waals surface area (Å²) in [6, 6.07) is 4.02. The molecule has 2 rings (SSSR count). The molecule has 0 aromatic carbocycles. The predicted molar refractivity (Wildman–Crippen MR) is 62.7 cm³/mol. The lowest BCUT2D eigenvalue weighted by Crippen LogP contribution is -2.23. The van der Waals surface area contributed by atoms with Gasteiger partial charge in [0.25, 0.3) is 0 Å². The average Bonchev–Trinajstić information content (AvgIpc) is 2.59. The van der Waals surface area contributed by atoms with Gasteiger partial charge in [0.1, 0.15) is 5.82 Å². The Bertz CT molecular complexity index is 327. The van der Waals surface area contributed by atoms with E-state index in [1.165, 1.54) is 0 Å². The maximum Gasteiger partial charge on any atom is 0.133 e. The molecule has 2 unspecified atom stereocenters. The fraction of sp³-hybridized carbons (Fsp3) is 0.583. The number of hydrogen-bond donors (Lipinski definition) is 1. The van der Waals surface area contributed by atoms with Crippen LogP contribution in [0.1, 0.15) is 19.4 Å². The van der Waals surface area contributed by atoms with Crippen LogP contribution in [0.3, 0.4) is 0 Å². The maximum absolute atomic E-state index is 5.72. The minimum absolute atomic E-state index is 0.572. The van der Waals surface area contributed by atoms with Gasteiger partial charge in [-0.25, -0.2) is 4.98 Å². The Balaban J connectivity index is 2.23. The number of anilines is 1. The van der Waals surface area contributed by atoms with Gasteiger partial charge in [-0.1, -0.05) is 19.9 Å². The molecule has 1 aromatic heterocycles. The van der Waals surface area contributed by atoms with E-state index in [4.69, 9.17) is 5.73 Å². The van der Waals surface area contributed by atoms with Gasteiger partial charge in [-0.3, -0.25) is 0 Å². The standard InChI is InChI=1S/C12H19N3/c1-9-7-15(8-10(9)2)12-11(6-13)4-3-5-14-12/h3-5,9-10H,6-8,13H2,1-2H3. The molecule has 0 saturated carbocycles. The smallest absolute Gasteiger partial charge is 0.133 e. The molecular formula is C12H19N3. The summed E-state index contributed by atoms with van der Waals surface area (Å²) in [5.41, 5.74) is 6.87. The molecule has 2 atom stereocenters. The zero-order chi connectivity index (χ0) is 10.8. The van der Waals surface area contributed by atoms with Gasteiger partial charge in [0, 0.05) is 31.4 Å². The van der Waals surface area contributed by atoms with Crippen LogP contribution in [0.15, 0.2) is 18.3 Å². The third-order valence-corrected chi connectivity index (χ3v) is 3.38. The van der Waals surface area contributed by atoms with Crippen molar-refractivity contribution in [3.05, 3.63) is 23.9 Å². The van der Waals surface area contributed by atoms with Gasteiger partial charge in [-0.2, -0.15) is 0 Å². The van der Waals surface area contributed by atoms with Crippen LogP contribution >= 0.6 is 0 Å². The zero-order valence-electron chi connectivity index (χ0n) is 9.48. The van der Waals surface area contributed by atoms with Crippen molar-refractivity contribution < 1.29 is 0 Å². The molecule has 2 N–H and O–H groups in total. The first-order valence-electron chi connectivity index (χ1n) is 5.61. The number of rotatable bonds is 2. The van der Waals surface area contributed by atoms with Crippen molar-refractivity contribution in [1.29, 1.82) is 0 Å². The van der Waals surface area contributed by atoms with Crippen LogP contribution in [-0.4, -0.2) is 18.1 Å². The lowest BCUT2D eigenvalue weighted by molar-refractivity contribution is 0.494. The molecule has 0 spiro atoms. The molecule has 2 heterocycles. The molecule has 1 fully saturated rings. The van der Waals surface area contributed by atoms with E-state index >= 15 is 0 Å². The lowest BCUT2D eigenvalue weighted by Gasteiger charge is -2.19. The summed E-state index contributed by atoms with van der Waals surface area (Å²) >= 11 is 0. The number of aromatic nitrogens is 1. The van der Waals surface area contributed by atoms with E-state index in [0.717, 1.165) is 36.3 Å². The fourth-order valence-corrected chi connectivity index (χ4v) is 2.18. The van der Waals surface area contributed by atoms with Crippen LogP contribution in [0.5, 0.6) is 0 Å². The van der Waals surface area contributed by atoms with Crippen molar-refractivity contribution >= 4 is 5.82 Å². The number of hydrogen-bond acceptors (Lipinski definition) is 3. The molecule has 1 aromatic rings. The van der Waals surface area contributed by atoms with Crippen molar-refractivity contribution in [3.63, 3.8) is 0 Å². The van der Waals surface area contributed by atoms with Gasteiger partial charge in [0.2, 0.25) is 0 Å².